The van der Waals surface area contributed by atoms with Gasteiger partial charge in [-0.1, -0.05) is 6.07 Å². The highest BCUT2D eigenvalue weighted by atomic mass is 19.4. The third kappa shape index (κ3) is 2.73. The number of halogens is 4. The normalized spacial score (nSPS) is 15.8. The minimum absolute atomic E-state index is 0.0991. The van der Waals surface area contributed by atoms with Gasteiger partial charge in [-0.2, -0.15) is 13.2 Å². The van der Waals surface area contributed by atoms with E-state index in [2.05, 4.69) is 10.3 Å². The zero-order valence-electron chi connectivity index (χ0n) is 13.5. The molecule has 26 heavy (non-hydrogen) atoms. The molecule has 4 rings (SSSR count). The number of hydrogen-bond acceptors (Lipinski definition) is 1. The number of benzene rings is 2. The lowest BCUT2D eigenvalue weighted by Crippen LogP contribution is -2.27. The van der Waals surface area contributed by atoms with Crippen molar-refractivity contribution in [3.8, 4) is 0 Å². The van der Waals surface area contributed by atoms with E-state index >= 15 is 0 Å². The summed E-state index contributed by atoms with van der Waals surface area (Å²) >= 11 is 0. The van der Waals surface area contributed by atoms with Gasteiger partial charge in [0, 0.05) is 22.8 Å². The molecule has 0 radical (unpaired) electrons. The number of carbonyl (C=O) groups excluding carboxylic acids is 1. The molecule has 0 aliphatic heterocycles. The molecule has 1 heterocycles. The van der Waals surface area contributed by atoms with Crippen LogP contribution in [0.2, 0.25) is 0 Å². The van der Waals surface area contributed by atoms with Crippen LogP contribution in [-0.4, -0.2) is 10.9 Å². The maximum atomic E-state index is 13.3. The monoisotopic (exact) mass is 362 g/mol. The van der Waals surface area contributed by atoms with Gasteiger partial charge < -0.3 is 10.3 Å². The SMILES string of the molecule is O=C(Nc1cccc(C(F)(F)F)c1)C1(c2c[nH]c3cc(F)ccc23)CC1. The summed E-state index contributed by atoms with van der Waals surface area (Å²) in [7, 11) is 0. The van der Waals surface area contributed by atoms with E-state index in [1.807, 2.05) is 0 Å². The summed E-state index contributed by atoms with van der Waals surface area (Å²) in [6, 6.07) is 8.82. The van der Waals surface area contributed by atoms with Crippen molar-refractivity contribution in [1.82, 2.24) is 4.98 Å². The molecule has 1 fully saturated rings. The highest BCUT2D eigenvalue weighted by Crippen LogP contribution is 2.51. The smallest absolute Gasteiger partial charge is 0.361 e. The fraction of sp³-hybridized carbons (Fsp3) is 0.211. The summed E-state index contributed by atoms with van der Waals surface area (Å²) < 4.78 is 51.9. The molecule has 134 valence electrons. The quantitative estimate of drug-likeness (QED) is 0.633. The Hall–Kier alpha value is -2.83. The molecule has 0 spiro atoms. The van der Waals surface area contributed by atoms with E-state index in [1.165, 1.54) is 24.3 Å². The van der Waals surface area contributed by atoms with Gasteiger partial charge in [-0.25, -0.2) is 4.39 Å². The molecule has 1 amide bonds. The Morgan fingerprint density at radius 1 is 1.12 bits per heavy atom. The summed E-state index contributed by atoms with van der Waals surface area (Å²) in [5, 5.41) is 3.33. The van der Waals surface area contributed by atoms with E-state index in [1.54, 1.807) is 12.3 Å². The number of alkyl halides is 3. The number of aromatic amines is 1. The molecular formula is C19H14F4N2O. The zero-order valence-corrected chi connectivity index (χ0v) is 13.5. The molecule has 2 N–H and O–H groups in total. The lowest BCUT2D eigenvalue weighted by atomic mass is 9.94. The van der Waals surface area contributed by atoms with Crippen LogP contribution in [0, 0.1) is 5.82 Å². The van der Waals surface area contributed by atoms with E-state index in [9.17, 15) is 22.4 Å². The lowest BCUT2D eigenvalue weighted by molar-refractivity contribution is -0.137. The fourth-order valence-corrected chi connectivity index (χ4v) is 3.26. The summed E-state index contributed by atoms with van der Waals surface area (Å²) in [6.07, 6.45) is -1.63. The molecule has 1 aromatic heterocycles. The Balaban J connectivity index is 1.64. The number of aromatic nitrogens is 1. The van der Waals surface area contributed by atoms with Gasteiger partial charge in [0.05, 0.1) is 11.0 Å². The van der Waals surface area contributed by atoms with Gasteiger partial charge in [0.15, 0.2) is 0 Å². The molecule has 3 nitrogen and oxygen atoms in total. The molecule has 0 atom stereocenters. The minimum Gasteiger partial charge on any atom is -0.361 e. The van der Waals surface area contributed by atoms with Gasteiger partial charge in [0.1, 0.15) is 5.82 Å². The van der Waals surface area contributed by atoms with E-state index in [4.69, 9.17) is 0 Å². The average Bonchev–Trinajstić information content (AvgIpc) is 3.29. The van der Waals surface area contributed by atoms with Gasteiger partial charge in [-0.3, -0.25) is 4.79 Å². The second-order valence-electron chi connectivity index (χ2n) is 6.51. The molecule has 2 aromatic carbocycles. The average molecular weight is 362 g/mol. The van der Waals surface area contributed by atoms with Gasteiger partial charge in [0.25, 0.3) is 0 Å². The molecule has 3 aromatic rings. The Labute approximate surface area is 146 Å². The van der Waals surface area contributed by atoms with Gasteiger partial charge in [-0.15, -0.1) is 0 Å². The van der Waals surface area contributed by atoms with Gasteiger partial charge in [0.2, 0.25) is 5.91 Å². The predicted molar refractivity (Wildman–Crippen MR) is 89.2 cm³/mol. The van der Waals surface area contributed by atoms with E-state index in [-0.39, 0.29) is 17.4 Å². The number of anilines is 1. The van der Waals surface area contributed by atoms with E-state index in [0.29, 0.717) is 18.4 Å². The number of H-pyrrole nitrogens is 1. The van der Waals surface area contributed by atoms with Crippen LogP contribution in [0.25, 0.3) is 10.9 Å². The van der Waals surface area contributed by atoms with Crippen molar-refractivity contribution in [3.63, 3.8) is 0 Å². The van der Waals surface area contributed by atoms with E-state index in [0.717, 1.165) is 23.1 Å². The van der Waals surface area contributed by atoms with Crippen molar-refractivity contribution in [2.45, 2.75) is 24.4 Å². The number of nitrogens with one attached hydrogen (secondary N) is 2. The molecule has 1 aliphatic rings. The Kier molecular flexibility index (Phi) is 3.57. The standard InChI is InChI=1S/C19H14F4N2O/c20-12-4-5-14-15(10-24-16(14)9-12)18(6-7-18)17(26)25-13-3-1-2-11(8-13)19(21,22)23/h1-5,8-10,24H,6-7H2,(H,25,26). The maximum Gasteiger partial charge on any atom is 0.416 e. The van der Waals surface area contributed by atoms with Crippen LogP contribution < -0.4 is 5.32 Å². The number of fused-ring (bicyclic) bond motifs is 1. The van der Waals surface area contributed by atoms with Crippen LogP contribution >= 0.6 is 0 Å². The van der Waals surface area contributed by atoms with Crippen molar-refractivity contribution in [1.29, 1.82) is 0 Å². The number of hydrogen-bond donors (Lipinski definition) is 2. The zero-order chi connectivity index (χ0) is 18.5. The second kappa shape index (κ2) is 5.59. The lowest BCUT2D eigenvalue weighted by Gasteiger charge is -2.16. The van der Waals surface area contributed by atoms with Crippen LogP contribution in [0.4, 0.5) is 23.2 Å². The van der Waals surface area contributed by atoms with Crippen LogP contribution in [-0.2, 0) is 16.4 Å². The Morgan fingerprint density at radius 2 is 1.88 bits per heavy atom. The van der Waals surface area contributed by atoms with Crippen molar-refractivity contribution in [3.05, 3.63) is 65.6 Å². The largest absolute Gasteiger partial charge is 0.416 e. The van der Waals surface area contributed by atoms with Gasteiger partial charge >= 0.3 is 6.18 Å². The molecule has 0 unspecified atom stereocenters. The summed E-state index contributed by atoms with van der Waals surface area (Å²) in [4.78, 5) is 15.7. The topological polar surface area (TPSA) is 44.9 Å². The number of amides is 1. The number of rotatable bonds is 3. The first kappa shape index (κ1) is 16.6. The predicted octanol–water partition coefficient (Wildman–Crippen LogP) is 5.00. The third-order valence-corrected chi connectivity index (χ3v) is 4.79. The van der Waals surface area contributed by atoms with Crippen LogP contribution in [0.1, 0.15) is 24.0 Å². The molecular weight excluding hydrogens is 348 g/mol. The molecule has 1 aliphatic carbocycles. The van der Waals surface area contributed by atoms with Crippen LogP contribution in [0.15, 0.2) is 48.7 Å². The van der Waals surface area contributed by atoms with Crippen LogP contribution in [0.5, 0.6) is 0 Å². The first-order valence-corrected chi connectivity index (χ1v) is 8.05. The van der Waals surface area contributed by atoms with Gasteiger partial charge in [-0.05, 0) is 54.8 Å². The van der Waals surface area contributed by atoms with Crippen molar-refractivity contribution >= 4 is 22.5 Å². The molecule has 0 saturated heterocycles. The molecule has 7 heteroatoms. The number of carbonyl (C=O) groups is 1. The van der Waals surface area contributed by atoms with Crippen molar-refractivity contribution in [2.24, 2.45) is 0 Å². The van der Waals surface area contributed by atoms with Crippen molar-refractivity contribution < 1.29 is 22.4 Å². The van der Waals surface area contributed by atoms with E-state index < -0.39 is 17.2 Å². The van der Waals surface area contributed by atoms with Crippen molar-refractivity contribution in [2.75, 3.05) is 5.32 Å². The highest BCUT2D eigenvalue weighted by molar-refractivity contribution is 6.04. The molecule has 0 bridgehead atoms. The Bertz CT molecular complexity index is 1000. The summed E-state index contributed by atoms with van der Waals surface area (Å²) in [6.45, 7) is 0. The third-order valence-electron chi connectivity index (χ3n) is 4.79. The second-order valence-corrected chi connectivity index (χ2v) is 6.51. The Morgan fingerprint density at radius 3 is 2.58 bits per heavy atom. The minimum atomic E-state index is -4.47. The molecule has 1 saturated carbocycles. The summed E-state index contributed by atoms with van der Waals surface area (Å²) in [5.41, 5.74) is -0.204. The summed E-state index contributed by atoms with van der Waals surface area (Å²) in [5.74, 6) is -0.744. The maximum absolute atomic E-state index is 13.3. The fourth-order valence-electron chi connectivity index (χ4n) is 3.26. The first-order valence-electron chi connectivity index (χ1n) is 8.05. The van der Waals surface area contributed by atoms with Crippen LogP contribution in [0.3, 0.4) is 0 Å². The highest BCUT2D eigenvalue weighted by Gasteiger charge is 2.52. The first-order chi connectivity index (χ1) is 12.3.